The van der Waals surface area contributed by atoms with E-state index in [1.807, 2.05) is 35.2 Å². The highest BCUT2D eigenvalue weighted by atomic mass is 35.5. The standard InChI is InChI=1S/C21H19ClN4OS/c22-18-8-6-17(7-9-18)20-23-24-21(28)26(20)14-19(27)25-12-10-16(11-13-25)15-4-2-1-3-5-15/h1-10H,11-14H2,(H,24,28). The summed E-state index contributed by atoms with van der Waals surface area (Å²) >= 11 is 11.3. The van der Waals surface area contributed by atoms with Crippen LogP contribution in [0.15, 0.2) is 60.7 Å². The van der Waals surface area contributed by atoms with Gasteiger partial charge in [-0.25, -0.2) is 0 Å². The Labute approximate surface area is 173 Å². The van der Waals surface area contributed by atoms with Crippen LogP contribution in [-0.2, 0) is 11.3 Å². The third kappa shape index (κ3) is 3.93. The normalized spacial score (nSPS) is 14.0. The van der Waals surface area contributed by atoms with Crippen molar-refractivity contribution in [1.29, 1.82) is 0 Å². The molecule has 28 heavy (non-hydrogen) atoms. The second-order valence-electron chi connectivity index (χ2n) is 6.63. The van der Waals surface area contributed by atoms with Gasteiger partial charge in [-0.1, -0.05) is 48.0 Å². The van der Waals surface area contributed by atoms with Gasteiger partial charge < -0.3 is 4.90 Å². The Bertz CT molecular complexity index is 1070. The second-order valence-corrected chi connectivity index (χ2v) is 7.45. The van der Waals surface area contributed by atoms with Crippen LogP contribution in [-0.4, -0.2) is 38.7 Å². The molecule has 0 fully saturated rings. The molecule has 0 atom stereocenters. The lowest BCUT2D eigenvalue weighted by atomic mass is 9.99. The van der Waals surface area contributed by atoms with Crippen molar-refractivity contribution in [2.75, 3.05) is 13.1 Å². The monoisotopic (exact) mass is 410 g/mol. The van der Waals surface area contributed by atoms with Gasteiger partial charge in [-0.3, -0.25) is 14.5 Å². The van der Waals surface area contributed by atoms with Gasteiger partial charge in [-0.05, 0) is 54.0 Å². The van der Waals surface area contributed by atoms with Crippen molar-refractivity contribution < 1.29 is 4.79 Å². The zero-order chi connectivity index (χ0) is 19.5. The van der Waals surface area contributed by atoms with E-state index in [-0.39, 0.29) is 12.5 Å². The van der Waals surface area contributed by atoms with Crippen LogP contribution in [0.3, 0.4) is 0 Å². The highest BCUT2D eigenvalue weighted by Crippen LogP contribution is 2.23. The summed E-state index contributed by atoms with van der Waals surface area (Å²) in [6.07, 6.45) is 2.97. The van der Waals surface area contributed by atoms with E-state index in [1.165, 1.54) is 11.1 Å². The van der Waals surface area contributed by atoms with E-state index in [0.29, 0.717) is 28.7 Å². The zero-order valence-corrected chi connectivity index (χ0v) is 16.7. The Kier molecular flexibility index (Phi) is 5.41. The summed E-state index contributed by atoms with van der Waals surface area (Å²) in [5, 5.41) is 7.72. The molecule has 1 N–H and O–H groups in total. The minimum absolute atomic E-state index is 0.0241. The summed E-state index contributed by atoms with van der Waals surface area (Å²) in [4.78, 5) is 14.7. The van der Waals surface area contributed by atoms with Gasteiger partial charge in [0.2, 0.25) is 5.91 Å². The summed E-state index contributed by atoms with van der Waals surface area (Å²) in [5.41, 5.74) is 3.36. The van der Waals surface area contributed by atoms with E-state index in [2.05, 4.69) is 28.4 Å². The maximum atomic E-state index is 12.9. The minimum atomic E-state index is 0.0241. The maximum Gasteiger partial charge on any atom is 0.242 e. The predicted molar refractivity (Wildman–Crippen MR) is 113 cm³/mol. The number of nitrogens with zero attached hydrogens (tertiary/aromatic N) is 3. The van der Waals surface area contributed by atoms with Gasteiger partial charge >= 0.3 is 0 Å². The highest BCUT2D eigenvalue weighted by Gasteiger charge is 2.20. The molecule has 5 nitrogen and oxygen atoms in total. The Hall–Kier alpha value is -2.70. The highest BCUT2D eigenvalue weighted by molar-refractivity contribution is 7.71. The molecule has 0 bridgehead atoms. The number of aromatic amines is 1. The molecule has 0 unspecified atom stereocenters. The van der Waals surface area contributed by atoms with E-state index in [0.717, 1.165) is 12.0 Å². The number of nitrogens with one attached hydrogen (secondary N) is 1. The first kappa shape index (κ1) is 18.7. The van der Waals surface area contributed by atoms with Gasteiger partial charge in [-0.2, -0.15) is 5.10 Å². The summed E-state index contributed by atoms with van der Waals surface area (Å²) in [7, 11) is 0. The summed E-state index contributed by atoms with van der Waals surface area (Å²) in [6, 6.07) is 17.6. The molecule has 3 aromatic rings. The fourth-order valence-electron chi connectivity index (χ4n) is 3.33. The smallest absolute Gasteiger partial charge is 0.242 e. The molecule has 142 valence electrons. The van der Waals surface area contributed by atoms with E-state index >= 15 is 0 Å². The fraction of sp³-hybridized carbons (Fsp3) is 0.190. The molecule has 0 aliphatic carbocycles. The average molecular weight is 411 g/mol. The molecule has 1 aliphatic heterocycles. The summed E-state index contributed by atoms with van der Waals surface area (Å²) in [5.74, 6) is 0.656. The Morgan fingerprint density at radius 1 is 1.11 bits per heavy atom. The maximum absolute atomic E-state index is 12.9. The fourth-order valence-corrected chi connectivity index (χ4v) is 3.65. The van der Waals surface area contributed by atoms with Gasteiger partial charge in [-0.15, -0.1) is 0 Å². The molecule has 0 saturated carbocycles. The Morgan fingerprint density at radius 3 is 2.54 bits per heavy atom. The van der Waals surface area contributed by atoms with Crippen molar-refractivity contribution in [3.05, 3.63) is 76.0 Å². The Morgan fingerprint density at radius 2 is 1.86 bits per heavy atom. The molecule has 0 saturated heterocycles. The first-order chi connectivity index (χ1) is 13.6. The lowest BCUT2D eigenvalue weighted by Gasteiger charge is -2.27. The van der Waals surface area contributed by atoms with E-state index < -0.39 is 0 Å². The molecular formula is C21H19ClN4OS. The summed E-state index contributed by atoms with van der Waals surface area (Å²) in [6.45, 7) is 1.45. The van der Waals surface area contributed by atoms with Crippen LogP contribution in [0.1, 0.15) is 12.0 Å². The van der Waals surface area contributed by atoms with Crippen molar-refractivity contribution in [2.24, 2.45) is 0 Å². The van der Waals surface area contributed by atoms with Crippen molar-refractivity contribution in [2.45, 2.75) is 13.0 Å². The van der Waals surface area contributed by atoms with Crippen LogP contribution in [0.4, 0.5) is 0 Å². The van der Waals surface area contributed by atoms with Gasteiger partial charge in [0.05, 0.1) is 0 Å². The molecule has 0 radical (unpaired) electrons. The van der Waals surface area contributed by atoms with E-state index in [9.17, 15) is 4.79 Å². The SMILES string of the molecule is O=C(Cn1c(-c2ccc(Cl)cc2)n[nH]c1=S)N1CC=C(c2ccccc2)CC1. The number of rotatable bonds is 4. The molecule has 1 amide bonds. The zero-order valence-electron chi connectivity index (χ0n) is 15.1. The van der Waals surface area contributed by atoms with Crippen LogP contribution in [0.2, 0.25) is 5.02 Å². The van der Waals surface area contributed by atoms with Crippen molar-refractivity contribution in [3.63, 3.8) is 0 Å². The number of hydrogen-bond acceptors (Lipinski definition) is 3. The van der Waals surface area contributed by atoms with E-state index in [1.54, 1.807) is 16.7 Å². The number of carbonyl (C=O) groups excluding carboxylic acids is 1. The van der Waals surface area contributed by atoms with Gasteiger partial charge in [0.25, 0.3) is 0 Å². The number of carbonyl (C=O) groups is 1. The molecule has 2 aromatic carbocycles. The van der Waals surface area contributed by atoms with Crippen molar-refractivity contribution in [1.82, 2.24) is 19.7 Å². The quantitative estimate of drug-likeness (QED) is 0.640. The van der Waals surface area contributed by atoms with Crippen LogP contribution in [0.5, 0.6) is 0 Å². The summed E-state index contributed by atoms with van der Waals surface area (Å²) < 4.78 is 2.16. The lowest BCUT2D eigenvalue weighted by molar-refractivity contribution is -0.131. The molecule has 4 rings (SSSR count). The Balaban J connectivity index is 1.49. The van der Waals surface area contributed by atoms with Gasteiger partial charge in [0.15, 0.2) is 10.6 Å². The number of halogens is 1. The first-order valence-electron chi connectivity index (χ1n) is 9.05. The van der Waals surface area contributed by atoms with Gasteiger partial charge in [0, 0.05) is 23.7 Å². The van der Waals surface area contributed by atoms with Crippen LogP contribution in [0.25, 0.3) is 17.0 Å². The minimum Gasteiger partial charge on any atom is -0.337 e. The van der Waals surface area contributed by atoms with Gasteiger partial charge in [0.1, 0.15) is 6.54 Å². The van der Waals surface area contributed by atoms with Crippen LogP contribution in [0, 0.1) is 4.77 Å². The molecule has 7 heteroatoms. The largest absolute Gasteiger partial charge is 0.337 e. The van der Waals surface area contributed by atoms with Crippen LogP contribution >= 0.6 is 23.8 Å². The van der Waals surface area contributed by atoms with Crippen LogP contribution < -0.4 is 0 Å². The second kappa shape index (κ2) is 8.12. The van der Waals surface area contributed by atoms with E-state index in [4.69, 9.17) is 23.8 Å². The molecular weight excluding hydrogens is 392 g/mol. The third-order valence-corrected chi connectivity index (χ3v) is 5.42. The molecule has 2 heterocycles. The topological polar surface area (TPSA) is 53.9 Å². The number of aromatic nitrogens is 3. The number of H-pyrrole nitrogens is 1. The lowest BCUT2D eigenvalue weighted by Crippen LogP contribution is -2.37. The molecule has 1 aliphatic rings. The number of benzene rings is 2. The number of amides is 1. The molecule has 0 spiro atoms. The van der Waals surface area contributed by atoms with Crippen molar-refractivity contribution >= 4 is 35.3 Å². The number of hydrogen-bond donors (Lipinski definition) is 1. The predicted octanol–water partition coefficient (Wildman–Crippen LogP) is 4.58. The molecule has 1 aromatic heterocycles. The third-order valence-electron chi connectivity index (χ3n) is 4.86. The average Bonchev–Trinajstić information content (AvgIpc) is 3.09. The first-order valence-corrected chi connectivity index (χ1v) is 9.84. The van der Waals surface area contributed by atoms with Crippen molar-refractivity contribution in [3.8, 4) is 11.4 Å².